The van der Waals surface area contributed by atoms with E-state index in [1.165, 1.54) is 0 Å². The third-order valence-corrected chi connectivity index (χ3v) is 4.21. The number of allylic oxidation sites excluding steroid dienone is 3. The third kappa shape index (κ3) is 10.8. The molecule has 1 unspecified atom stereocenters. The van der Waals surface area contributed by atoms with E-state index in [1.54, 1.807) is 19.3 Å². The molecule has 3 rings (SSSR count). The van der Waals surface area contributed by atoms with Crippen LogP contribution >= 0.6 is 11.6 Å². The van der Waals surface area contributed by atoms with Crippen molar-refractivity contribution >= 4 is 11.6 Å². The summed E-state index contributed by atoms with van der Waals surface area (Å²) in [7, 11) is 3.63. The topological polar surface area (TPSA) is 71.6 Å². The molecule has 0 saturated heterocycles. The molecule has 0 aromatic rings. The maximum absolute atomic E-state index is 12.6. The second kappa shape index (κ2) is 18.8. The molecule has 180 valence electrons. The molecule has 0 fully saturated rings. The minimum absolute atomic E-state index is 0.0191. The van der Waals surface area contributed by atoms with Gasteiger partial charge in [-0.3, -0.25) is 0 Å². The Morgan fingerprint density at radius 1 is 1.19 bits per heavy atom. The van der Waals surface area contributed by atoms with Crippen LogP contribution in [0.5, 0.6) is 0 Å². The molecule has 3 heterocycles. The Balaban J connectivity index is 0. The van der Waals surface area contributed by atoms with Gasteiger partial charge in [0.05, 0.1) is 37.1 Å². The van der Waals surface area contributed by atoms with Gasteiger partial charge in [-0.1, -0.05) is 53.1 Å². The Morgan fingerprint density at radius 2 is 1.81 bits per heavy atom. The standard InChI is InChI=1S/C11H16ClN3O.C6H9FN2.3C2H6/c1-7-10(3-8(12)5-13-7)11-4-9(6-16)14-15(11)2;1-8-6-2-3-9-4-5(6)7;3*1-2/h3-4,9,13-14,16H,5-6H2,1-2H3;2-3,8-9H,4H2,1H3;3*1-2H3. The number of hydrogen-bond donors (Lipinski definition) is 5. The zero-order chi connectivity index (χ0) is 24.4. The van der Waals surface area contributed by atoms with E-state index in [4.69, 9.17) is 16.7 Å². The largest absolute Gasteiger partial charge is 0.394 e. The molecule has 8 heteroatoms. The van der Waals surface area contributed by atoms with Gasteiger partial charge in [-0.05, 0) is 31.4 Å². The number of aliphatic hydroxyl groups excluding tert-OH is 1. The highest BCUT2D eigenvalue weighted by molar-refractivity contribution is 6.30. The van der Waals surface area contributed by atoms with Gasteiger partial charge in [0.2, 0.25) is 0 Å². The Bertz CT molecular complexity index is 656. The maximum Gasteiger partial charge on any atom is 0.142 e. The van der Waals surface area contributed by atoms with Crippen molar-refractivity contribution in [3.63, 3.8) is 0 Å². The van der Waals surface area contributed by atoms with Crippen molar-refractivity contribution in [1.82, 2.24) is 26.4 Å². The van der Waals surface area contributed by atoms with E-state index in [0.29, 0.717) is 18.8 Å². The van der Waals surface area contributed by atoms with Crippen LogP contribution in [-0.4, -0.2) is 49.9 Å². The number of rotatable bonds is 3. The average Bonchev–Trinajstić information content (AvgIpc) is 3.21. The SMILES string of the molecule is CC.CC.CC.CC1=C(C2=CC(CO)NN2C)C=C(Cl)CN1.CNC1=C(F)CNC=C1. The summed E-state index contributed by atoms with van der Waals surface area (Å²) in [5.74, 6) is -0.139. The second-order valence-electron chi connectivity index (χ2n) is 5.80. The molecule has 31 heavy (non-hydrogen) atoms. The van der Waals surface area contributed by atoms with E-state index in [0.717, 1.165) is 22.0 Å². The fourth-order valence-electron chi connectivity index (χ4n) is 2.61. The number of halogens is 2. The van der Waals surface area contributed by atoms with Crippen molar-refractivity contribution in [2.24, 2.45) is 0 Å². The molecule has 3 aliphatic rings. The summed E-state index contributed by atoms with van der Waals surface area (Å²) in [6.07, 6.45) is 7.36. The second-order valence-corrected chi connectivity index (χ2v) is 6.28. The highest BCUT2D eigenvalue weighted by atomic mass is 35.5. The lowest BCUT2D eigenvalue weighted by molar-refractivity contribution is 0.221. The first kappa shape index (κ1) is 31.2. The van der Waals surface area contributed by atoms with Gasteiger partial charge < -0.3 is 26.1 Å². The van der Waals surface area contributed by atoms with E-state index in [1.807, 2.05) is 72.7 Å². The quantitative estimate of drug-likeness (QED) is 0.434. The predicted octanol–water partition coefficient (Wildman–Crippen LogP) is 4.26. The van der Waals surface area contributed by atoms with Crippen molar-refractivity contribution in [3.05, 3.63) is 58.0 Å². The minimum atomic E-state index is -0.139. The molecule has 0 aromatic carbocycles. The van der Waals surface area contributed by atoms with Crippen molar-refractivity contribution in [2.75, 3.05) is 33.8 Å². The summed E-state index contributed by atoms with van der Waals surface area (Å²) in [4.78, 5) is 0. The van der Waals surface area contributed by atoms with Gasteiger partial charge in [-0.2, -0.15) is 0 Å². The van der Waals surface area contributed by atoms with Crippen LogP contribution in [0.2, 0.25) is 0 Å². The van der Waals surface area contributed by atoms with Crippen LogP contribution in [0.3, 0.4) is 0 Å². The van der Waals surface area contributed by atoms with E-state index < -0.39 is 0 Å². The predicted molar refractivity (Wildman–Crippen MR) is 133 cm³/mol. The Hall–Kier alpha value is -1.96. The molecular formula is C23H43ClFN5O. The van der Waals surface area contributed by atoms with Crippen LogP contribution in [-0.2, 0) is 0 Å². The zero-order valence-electron chi connectivity index (χ0n) is 20.7. The van der Waals surface area contributed by atoms with Crippen molar-refractivity contribution in [2.45, 2.75) is 54.5 Å². The fraction of sp³-hybridized carbons (Fsp3) is 0.565. The van der Waals surface area contributed by atoms with E-state index in [9.17, 15) is 4.39 Å². The van der Waals surface area contributed by atoms with Crippen LogP contribution < -0.4 is 21.4 Å². The number of hydrogen-bond acceptors (Lipinski definition) is 6. The summed E-state index contributed by atoms with van der Waals surface area (Å²) < 4.78 is 12.6. The van der Waals surface area contributed by atoms with Gasteiger partial charge in [-0.15, -0.1) is 0 Å². The van der Waals surface area contributed by atoms with Crippen molar-refractivity contribution in [1.29, 1.82) is 0 Å². The van der Waals surface area contributed by atoms with E-state index in [-0.39, 0.29) is 18.5 Å². The fourth-order valence-corrected chi connectivity index (χ4v) is 2.79. The Labute approximate surface area is 194 Å². The van der Waals surface area contributed by atoms with Gasteiger partial charge in [0.15, 0.2) is 0 Å². The minimum Gasteiger partial charge on any atom is -0.394 e. The normalized spacial score (nSPS) is 18.8. The summed E-state index contributed by atoms with van der Waals surface area (Å²) in [5, 5.41) is 20.5. The van der Waals surface area contributed by atoms with Crippen LogP contribution in [0.25, 0.3) is 0 Å². The third-order valence-electron chi connectivity index (χ3n) is 3.97. The van der Waals surface area contributed by atoms with Crippen LogP contribution in [0.4, 0.5) is 4.39 Å². The first-order valence-corrected chi connectivity index (χ1v) is 11.4. The van der Waals surface area contributed by atoms with Crippen LogP contribution in [0.15, 0.2) is 58.0 Å². The smallest absolute Gasteiger partial charge is 0.142 e. The van der Waals surface area contributed by atoms with Gasteiger partial charge in [0.25, 0.3) is 0 Å². The molecule has 0 saturated carbocycles. The van der Waals surface area contributed by atoms with Crippen LogP contribution in [0.1, 0.15) is 48.5 Å². The lowest BCUT2D eigenvalue weighted by Gasteiger charge is -2.23. The summed E-state index contributed by atoms with van der Waals surface area (Å²) in [6, 6.07) is -0.0191. The van der Waals surface area contributed by atoms with E-state index in [2.05, 4.69) is 21.4 Å². The highest BCUT2D eigenvalue weighted by Crippen LogP contribution is 2.26. The molecule has 0 aromatic heterocycles. The highest BCUT2D eigenvalue weighted by Gasteiger charge is 2.23. The van der Waals surface area contributed by atoms with Crippen molar-refractivity contribution < 1.29 is 9.50 Å². The number of likely N-dealkylation sites (N-methyl/N-ethyl adjacent to an activating group) is 2. The van der Waals surface area contributed by atoms with Gasteiger partial charge in [-0.25, -0.2) is 9.82 Å². The molecule has 0 spiro atoms. The maximum atomic E-state index is 12.6. The van der Waals surface area contributed by atoms with Gasteiger partial charge in [0.1, 0.15) is 5.83 Å². The molecular weight excluding hydrogens is 417 g/mol. The zero-order valence-corrected chi connectivity index (χ0v) is 21.4. The average molecular weight is 460 g/mol. The molecule has 0 radical (unpaired) electrons. The molecule has 0 amide bonds. The molecule has 1 atom stereocenters. The number of aliphatic hydroxyl groups is 1. The molecule has 3 aliphatic heterocycles. The lowest BCUT2D eigenvalue weighted by atomic mass is 10.1. The first-order chi connectivity index (χ1) is 15.0. The summed E-state index contributed by atoms with van der Waals surface area (Å²) >= 11 is 6.02. The number of nitrogens with zero attached hydrogens (tertiary/aromatic N) is 1. The van der Waals surface area contributed by atoms with Crippen LogP contribution in [0, 0.1) is 0 Å². The Morgan fingerprint density at radius 3 is 2.26 bits per heavy atom. The molecule has 5 N–H and O–H groups in total. The lowest BCUT2D eigenvalue weighted by Crippen LogP contribution is -2.36. The first-order valence-electron chi connectivity index (χ1n) is 11.1. The van der Waals surface area contributed by atoms with Gasteiger partial charge in [0, 0.05) is 30.4 Å². The summed E-state index contributed by atoms with van der Waals surface area (Å²) in [6.45, 7) is 15.1. The summed E-state index contributed by atoms with van der Waals surface area (Å²) in [5.41, 5.74) is 6.92. The molecule has 0 bridgehead atoms. The number of hydrazine groups is 1. The monoisotopic (exact) mass is 459 g/mol. The number of dihydropyridines is 2. The number of nitrogens with one attached hydrogen (secondary N) is 4. The molecule has 0 aliphatic carbocycles. The Kier molecular flexibility index (Phi) is 18.9. The molecule has 6 nitrogen and oxygen atoms in total. The van der Waals surface area contributed by atoms with E-state index >= 15 is 0 Å². The van der Waals surface area contributed by atoms with Crippen molar-refractivity contribution in [3.8, 4) is 0 Å². The van der Waals surface area contributed by atoms with Gasteiger partial charge >= 0.3 is 0 Å².